The third-order valence-electron chi connectivity index (χ3n) is 4.89. The van der Waals surface area contributed by atoms with E-state index in [0.717, 1.165) is 16.8 Å². The molecule has 0 atom stereocenters. The summed E-state index contributed by atoms with van der Waals surface area (Å²) in [4.78, 5) is 20.9. The molecule has 1 fully saturated rings. The van der Waals surface area contributed by atoms with Gasteiger partial charge in [0.15, 0.2) is 11.6 Å². The molecule has 2 aromatic heterocycles. The van der Waals surface area contributed by atoms with Gasteiger partial charge in [-0.2, -0.15) is 0 Å². The van der Waals surface area contributed by atoms with Crippen LogP contribution < -0.4 is 15.0 Å². The maximum Gasteiger partial charge on any atom is 0.254 e. The standard InChI is InChI=1S/C24H23N3O3/c1-17-11-21(30-16-23-25-13-22(29-2)14-26-23)12-24(28)27(17)15-20-9-7-19(8-10-20)6-5-18-3-4-18/h7-14,18H,3-4,15-16H2,1-2H3. The quantitative estimate of drug-likeness (QED) is 0.593. The molecule has 0 N–H and O–H groups in total. The molecular weight excluding hydrogens is 378 g/mol. The summed E-state index contributed by atoms with van der Waals surface area (Å²) in [6, 6.07) is 11.4. The number of hydrogen-bond donors (Lipinski definition) is 0. The first-order valence-electron chi connectivity index (χ1n) is 9.90. The molecule has 4 rings (SSSR count). The van der Waals surface area contributed by atoms with E-state index < -0.39 is 0 Å². The van der Waals surface area contributed by atoms with E-state index in [4.69, 9.17) is 9.47 Å². The molecule has 30 heavy (non-hydrogen) atoms. The molecule has 0 unspecified atom stereocenters. The van der Waals surface area contributed by atoms with Crippen LogP contribution in [-0.2, 0) is 13.2 Å². The van der Waals surface area contributed by atoms with Crippen molar-refractivity contribution < 1.29 is 9.47 Å². The zero-order valence-corrected chi connectivity index (χ0v) is 17.1. The van der Waals surface area contributed by atoms with Crippen LogP contribution in [0.3, 0.4) is 0 Å². The summed E-state index contributed by atoms with van der Waals surface area (Å²) in [5.74, 6) is 8.66. The summed E-state index contributed by atoms with van der Waals surface area (Å²) in [6.07, 6.45) is 5.61. The lowest BCUT2D eigenvalue weighted by molar-refractivity contribution is 0.293. The zero-order valence-electron chi connectivity index (χ0n) is 17.1. The molecule has 0 amide bonds. The fraction of sp³-hybridized carbons (Fsp3) is 0.292. The molecule has 1 aromatic carbocycles. The Morgan fingerprint density at radius 1 is 1.10 bits per heavy atom. The molecule has 0 bridgehead atoms. The van der Waals surface area contributed by atoms with Gasteiger partial charge in [-0.25, -0.2) is 9.97 Å². The van der Waals surface area contributed by atoms with Gasteiger partial charge in [-0.1, -0.05) is 24.0 Å². The molecule has 0 saturated heterocycles. The topological polar surface area (TPSA) is 66.2 Å². The van der Waals surface area contributed by atoms with Gasteiger partial charge >= 0.3 is 0 Å². The predicted octanol–water partition coefficient (Wildman–Crippen LogP) is 3.34. The normalized spacial score (nSPS) is 12.7. The molecule has 1 aliphatic carbocycles. The first-order valence-corrected chi connectivity index (χ1v) is 9.90. The Bertz CT molecular complexity index is 1140. The van der Waals surface area contributed by atoms with Crippen LogP contribution >= 0.6 is 0 Å². The smallest absolute Gasteiger partial charge is 0.254 e. The van der Waals surface area contributed by atoms with Crippen molar-refractivity contribution in [1.29, 1.82) is 0 Å². The molecule has 6 nitrogen and oxygen atoms in total. The molecular formula is C24H23N3O3. The van der Waals surface area contributed by atoms with Crippen LogP contribution in [0.1, 0.15) is 35.5 Å². The van der Waals surface area contributed by atoms with Crippen LogP contribution in [0.4, 0.5) is 0 Å². The van der Waals surface area contributed by atoms with Gasteiger partial charge in [-0.15, -0.1) is 0 Å². The molecule has 0 radical (unpaired) electrons. The van der Waals surface area contributed by atoms with Gasteiger partial charge < -0.3 is 14.0 Å². The Morgan fingerprint density at radius 3 is 2.47 bits per heavy atom. The van der Waals surface area contributed by atoms with E-state index in [1.165, 1.54) is 18.9 Å². The zero-order chi connectivity index (χ0) is 20.9. The molecule has 2 heterocycles. The molecule has 1 aliphatic rings. The first-order chi connectivity index (χ1) is 14.6. The average molecular weight is 401 g/mol. The van der Waals surface area contributed by atoms with E-state index in [2.05, 4.69) is 21.8 Å². The number of rotatable bonds is 6. The van der Waals surface area contributed by atoms with Crippen molar-refractivity contribution in [2.75, 3.05) is 7.11 Å². The van der Waals surface area contributed by atoms with Gasteiger partial charge in [-0.05, 0) is 43.5 Å². The maximum atomic E-state index is 12.6. The van der Waals surface area contributed by atoms with Crippen molar-refractivity contribution in [1.82, 2.24) is 14.5 Å². The van der Waals surface area contributed by atoms with Crippen LogP contribution in [-0.4, -0.2) is 21.6 Å². The van der Waals surface area contributed by atoms with Crippen LogP contribution in [0, 0.1) is 24.7 Å². The van der Waals surface area contributed by atoms with Crippen LogP contribution in [0.15, 0.2) is 53.6 Å². The van der Waals surface area contributed by atoms with Crippen molar-refractivity contribution in [2.24, 2.45) is 5.92 Å². The number of aryl methyl sites for hydroxylation is 1. The fourth-order valence-electron chi connectivity index (χ4n) is 2.94. The Kier molecular flexibility index (Phi) is 5.80. The van der Waals surface area contributed by atoms with Crippen molar-refractivity contribution in [3.63, 3.8) is 0 Å². The van der Waals surface area contributed by atoms with E-state index in [1.807, 2.05) is 37.3 Å². The highest BCUT2D eigenvalue weighted by molar-refractivity contribution is 5.37. The first kappa shape index (κ1) is 19.7. The number of benzene rings is 1. The molecule has 0 aliphatic heterocycles. The summed E-state index contributed by atoms with van der Waals surface area (Å²) >= 11 is 0. The van der Waals surface area contributed by atoms with Gasteiger partial charge in [0, 0.05) is 23.2 Å². The van der Waals surface area contributed by atoms with E-state index in [9.17, 15) is 4.79 Å². The fourth-order valence-corrected chi connectivity index (χ4v) is 2.94. The van der Waals surface area contributed by atoms with Gasteiger partial charge in [0.1, 0.15) is 12.4 Å². The highest BCUT2D eigenvalue weighted by atomic mass is 16.5. The second-order valence-electron chi connectivity index (χ2n) is 7.33. The highest BCUT2D eigenvalue weighted by Gasteiger charge is 2.17. The number of pyridine rings is 1. The summed E-state index contributed by atoms with van der Waals surface area (Å²) in [7, 11) is 1.56. The minimum Gasteiger partial charge on any atom is -0.494 e. The van der Waals surface area contributed by atoms with Crippen molar-refractivity contribution >= 4 is 0 Å². The van der Waals surface area contributed by atoms with Crippen molar-refractivity contribution in [2.45, 2.75) is 32.9 Å². The maximum absolute atomic E-state index is 12.6. The minimum absolute atomic E-state index is 0.113. The monoisotopic (exact) mass is 401 g/mol. The minimum atomic E-state index is -0.113. The molecule has 3 aromatic rings. The number of nitrogens with zero attached hydrogens (tertiary/aromatic N) is 3. The predicted molar refractivity (Wildman–Crippen MR) is 114 cm³/mol. The highest BCUT2D eigenvalue weighted by Crippen LogP contribution is 2.27. The Labute approximate surface area is 175 Å². The number of aromatic nitrogens is 3. The van der Waals surface area contributed by atoms with Crippen molar-refractivity contribution in [3.8, 4) is 23.3 Å². The van der Waals surface area contributed by atoms with E-state index in [1.54, 1.807) is 24.1 Å². The Morgan fingerprint density at radius 2 is 1.83 bits per heavy atom. The van der Waals surface area contributed by atoms with Gasteiger partial charge in [0.2, 0.25) is 0 Å². The van der Waals surface area contributed by atoms with Gasteiger partial charge in [0.05, 0.1) is 26.0 Å². The van der Waals surface area contributed by atoms with Crippen molar-refractivity contribution in [3.05, 3.63) is 81.8 Å². The van der Waals surface area contributed by atoms with Gasteiger partial charge in [0.25, 0.3) is 5.56 Å². The summed E-state index contributed by atoms with van der Waals surface area (Å²) in [5, 5.41) is 0. The lowest BCUT2D eigenvalue weighted by atomic mass is 10.1. The lowest BCUT2D eigenvalue weighted by Gasteiger charge is -2.12. The molecule has 1 saturated carbocycles. The SMILES string of the molecule is COc1cnc(COc2cc(C)n(Cc3ccc(C#CC4CC4)cc3)c(=O)c2)nc1. The van der Waals surface area contributed by atoms with Crippen LogP contribution in [0.5, 0.6) is 11.5 Å². The van der Waals surface area contributed by atoms with E-state index in [0.29, 0.717) is 29.8 Å². The summed E-state index contributed by atoms with van der Waals surface area (Å²) in [5.41, 5.74) is 2.78. The Balaban J connectivity index is 1.41. The number of hydrogen-bond acceptors (Lipinski definition) is 5. The van der Waals surface area contributed by atoms with Crippen LogP contribution in [0.25, 0.3) is 0 Å². The van der Waals surface area contributed by atoms with Crippen LogP contribution in [0.2, 0.25) is 0 Å². The third-order valence-corrected chi connectivity index (χ3v) is 4.89. The summed E-state index contributed by atoms with van der Waals surface area (Å²) in [6.45, 7) is 2.58. The van der Waals surface area contributed by atoms with E-state index >= 15 is 0 Å². The molecule has 152 valence electrons. The third kappa shape index (κ3) is 5.06. The van der Waals surface area contributed by atoms with Gasteiger partial charge in [-0.3, -0.25) is 4.79 Å². The largest absolute Gasteiger partial charge is 0.494 e. The second kappa shape index (κ2) is 8.83. The summed E-state index contributed by atoms with van der Waals surface area (Å²) < 4.78 is 12.5. The molecule has 0 spiro atoms. The molecule has 6 heteroatoms. The number of methoxy groups -OCH3 is 1. The average Bonchev–Trinajstić information content (AvgIpc) is 3.59. The lowest BCUT2D eigenvalue weighted by Crippen LogP contribution is -2.22. The Hall–Kier alpha value is -3.59. The second-order valence-corrected chi connectivity index (χ2v) is 7.33. The van der Waals surface area contributed by atoms with E-state index in [-0.39, 0.29) is 12.2 Å². The number of ether oxygens (including phenoxy) is 2.